The second kappa shape index (κ2) is 6.35. The molecule has 2 N–H and O–H groups in total. The Bertz CT molecular complexity index is 124. The van der Waals surface area contributed by atoms with Crippen molar-refractivity contribution in [2.24, 2.45) is 0 Å². The van der Waals surface area contributed by atoms with Crippen LogP contribution in [0.15, 0.2) is 0 Å². The van der Waals surface area contributed by atoms with Gasteiger partial charge in [-0.25, -0.2) is 0 Å². The van der Waals surface area contributed by atoms with Gasteiger partial charge in [-0.05, 0) is 32.4 Å². The molecule has 0 aromatic rings. The largest absolute Gasteiger partial charge is 0.396 e. The fourth-order valence-corrected chi connectivity index (χ4v) is 2.02. The van der Waals surface area contributed by atoms with Gasteiger partial charge in [-0.15, -0.1) is 0 Å². The third-order valence-corrected chi connectivity index (χ3v) is 2.80. The molecule has 1 fully saturated rings. The molecule has 1 atom stereocenters. The van der Waals surface area contributed by atoms with E-state index in [0.717, 1.165) is 26.1 Å². The van der Waals surface area contributed by atoms with Gasteiger partial charge in [-0.1, -0.05) is 6.92 Å². The molecule has 0 aliphatic carbocycles. The van der Waals surface area contributed by atoms with Crippen molar-refractivity contribution in [2.75, 3.05) is 32.8 Å². The summed E-state index contributed by atoms with van der Waals surface area (Å²) in [5.74, 6) is 0. The first-order valence-electron chi connectivity index (χ1n) is 5.44. The highest BCUT2D eigenvalue weighted by Gasteiger charge is 2.18. The average Bonchev–Trinajstić information content (AvgIpc) is 2.21. The van der Waals surface area contributed by atoms with Crippen LogP contribution in [-0.4, -0.2) is 48.8 Å². The van der Waals surface area contributed by atoms with Crippen molar-refractivity contribution in [1.29, 1.82) is 0 Å². The molecule has 0 aromatic heterocycles. The van der Waals surface area contributed by atoms with Crippen LogP contribution < -0.4 is 5.32 Å². The van der Waals surface area contributed by atoms with E-state index in [9.17, 15) is 0 Å². The van der Waals surface area contributed by atoms with Gasteiger partial charge < -0.3 is 10.4 Å². The van der Waals surface area contributed by atoms with E-state index in [-0.39, 0.29) is 0 Å². The summed E-state index contributed by atoms with van der Waals surface area (Å²) in [4.78, 5) is 2.47. The Morgan fingerprint density at radius 1 is 1.54 bits per heavy atom. The molecular formula is C10H22N2O. The summed E-state index contributed by atoms with van der Waals surface area (Å²) in [6.45, 7) is 6.96. The Labute approximate surface area is 81.1 Å². The van der Waals surface area contributed by atoms with Crippen LogP contribution in [0, 0.1) is 0 Å². The molecule has 1 aliphatic heterocycles. The van der Waals surface area contributed by atoms with Gasteiger partial charge in [0.2, 0.25) is 0 Å². The molecule has 0 spiro atoms. The number of hydrogen-bond donors (Lipinski definition) is 2. The third kappa shape index (κ3) is 3.63. The van der Waals surface area contributed by atoms with E-state index in [4.69, 9.17) is 5.11 Å². The molecule has 1 saturated heterocycles. The number of likely N-dealkylation sites (N-methyl/N-ethyl adjacent to an activating group) is 1. The van der Waals surface area contributed by atoms with Gasteiger partial charge in [-0.2, -0.15) is 0 Å². The molecular weight excluding hydrogens is 164 g/mol. The Hall–Kier alpha value is -0.120. The summed E-state index contributed by atoms with van der Waals surface area (Å²) in [5, 5.41) is 12.2. The SMILES string of the molecule is CCN(CCCO)C1CCCNC1. The van der Waals surface area contributed by atoms with Gasteiger partial charge in [0.05, 0.1) is 0 Å². The number of piperidine rings is 1. The lowest BCUT2D eigenvalue weighted by Gasteiger charge is -2.33. The number of hydrogen-bond acceptors (Lipinski definition) is 3. The Balaban J connectivity index is 2.26. The van der Waals surface area contributed by atoms with Crippen molar-refractivity contribution in [3.63, 3.8) is 0 Å². The molecule has 3 heteroatoms. The molecule has 0 aromatic carbocycles. The number of rotatable bonds is 5. The zero-order chi connectivity index (χ0) is 9.52. The zero-order valence-corrected chi connectivity index (χ0v) is 8.63. The first-order valence-corrected chi connectivity index (χ1v) is 5.44. The number of nitrogens with zero attached hydrogens (tertiary/aromatic N) is 1. The second-order valence-electron chi connectivity index (χ2n) is 3.71. The highest BCUT2D eigenvalue weighted by atomic mass is 16.3. The van der Waals surface area contributed by atoms with Gasteiger partial charge in [0.1, 0.15) is 0 Å². The maximum atomic E-state index is 8.77. The average molecular weight is 186 g/mol. The van der Waals surface area contributed by atoms with Crippen LogP contribution in [0.5, 0.6) is 0 Å². The van der Waals surface area contributed by atoms with Crippen molar-refractivity contribution in [3.8, 4) is 0 Å². The molecule has 1 aliphatic rings. The van der Waals surface area contributed by atoms with Gasteiger partial charge in [0.15, 0.2) is 0 Å². The molecule has 3 nitrogen and oxygen atoms in total. The zero-order valence-electron chi connectivity index (χ0n) is 8.63. The van der Waals surface area contributed by atoms with Crippen molar-refractivity contribution in [3.05, 3.63) is 0 Å². The fourth-order valence-electron chi connectivity index (χ4n) is 2.02. The van der Waals surface area contributed by atoms with Crippen LogP contribution in [0.1, 0.15) is 26.2 Å². The second-order valence-corrected chi connectivity index (χ2v) is 3.71. The van der Waals surface area contributed by atoms with Crippen LogP contribution in [0.3, 0.4) is 0 Å². The first kappa shape index (κ1) is 11.0. The first-order chi connectivity index (χ1) is 6.38. The van der Waals surface area contributed by atoms with E-state index in [1.165, 1.54) is 19.4 Å². The summed E-state index contributed by atoms with van der Waals surface area (Å²) < 4.78 is 0. The van der Waals surface area contributed by atoms with Crippen molar-refractivity contribution < 1.29 is 5.11 Å². The Kier molecular flexibility index (Phi) is 5.35. The summed E-state index contributed by atoms with van der Waals surface area (Å²) in [5.41, 5.74) is 0. The predicted molar refractivity (Wildman–Crippen MR) is 54.8 cm³/mol. The molecule has 1 heterocycles. The minimum atomic E-state index is 0.316. The number of aliphatic hydroxyl groups excluding tert-OH is 1. The van der Waals surface area contributed by atoms with E-state index >= 15 is 0 Å². The quantitative estimate of drug-likeness (QED) is 0.654. The van der Waals surface area contributed by atoms with Gasteiger partial charge in [-0.3, -0.25) is 4.90 Å². The van der Waals surface area contributed by atoms with Crippen LogP contribution in [0.4, 0.5) is 0 Å². The van der Waals surface area contributed by atoms with Crippen molar-refractivity contribution in [1.82, 2.24) is 10.2 Å². The molecule has 0 radical (unpaired) electrons. The standard InChI is InChI=1S/C10H22N2O/c1-2-12(7-4-8-13)10-5-3-6-11-9-10/h10-11,13H,2-9H2,1H3. The fraction of sp³-hybridized carbons (Fsp3) is 1.00. The topological polar surface area (TPSA) is 35.5 Å². The monoisotopic (exact) mass is 186 g/mol. The van der Waals surface area contributed by atoms with E-state index in [1.807, 2.05) is 0 Å². The lowest BCUT2D eigenvalue weighted by atomic mass is 10.1. The summed E-state index contributed by atoms with van der Waals surface area (Å²) in [6, 6.07) is 0.699. The molecule has 78 valence electrons. The highest BCUT2D eigenvalue weighted by Crippen LogP contribution is 2.10. The smallest absolute Gasteiger partial charge is 0.0443 e. The summed E-state index contributed by atoms with van der Waals surface area (Å²) >= 11 is 0. The summed E-state index contributed by atoms with van der Waals surface area (Å²) in [6.07, 6.45) is 3.51. The molecule has 0 bridgehead atoms. The molecule has 13 heavy (non-hydrogen) atoms. The Morgan fingerprint density at radius 2 is 2.38 bits per heavy atom. The van der Waals surface area contributed by atoms with Gasteiger partial charge >= 0.3 is 0 Å². The lowest BCUT2D eigenvalue weighted by molar-refractivity contribution is 0.157. The third-order valence-electron chi connectivity index (χ3n) is 2.80. The number of aliphatic hydroxyl groups is 1. The number of nitrogens with one attached hydrogen (secondary N) is 1. The van der Waals surface area contributed by atoms with Crippen molar-refractivity contribution >= 4 is 0 Å². The van der Waals surface area contributed by atoms with E-state index in [0.29, 0.717) is 12.6 Å². The van der Waals surface area contributed by atoms with Crippen LogP contribution in [0.25, 0.3) is 0 Å². The van der Waals surface area contributed by atoms with E-state index < -0.39 is 0 Å². The van der Waals surface area contributed by atoms with Crippen LogP contribution in [-0.2, 0) is 0 Å². The highest BCUT2D eigenvalue weighted by molar-refractivity contribution is 4.77. The van der Waals surface area contributed by atoms with Crippen molar-refractivity contribution in [2.45, 2.75) is 32.2 Å². The molecule has 0 saturated carbocycles. The maximum Gasteiger partial charge on any atom is 0.0443 e. The van der Waals surface area contributed by atoms with E-state index in [2.05, 4.69) is 17.1 Å². The van der Waals surface area contributed by atoms with Gasteiger partial charge in [0.25, 0.3) is 0 Å². The lowest BCUT2D eigenvalue weighted by Crippen LogP contribution is -2.46. The molecule has 0 amide bonds. The Morgan fingerprint density at radius 3 is 2.92 bits per heavy atom. The maximum absolute atomic E-state index is 8.77. The molecule has 1 rings (SSSR count). The summed E-state index contributed by atoms with van der Waals surface area (Å²) in [7, 11) is 0. The van der Waals surface area contributed by atoms with Crippen LogP contribution >= 0.6 is 0 Å². The predicted octanol–water partition coefficient (Wildman–Crippen LogP) is 0.443. The molecule has 1 unspecified atom stereocenters. The minimum Gasteiger partial charge on any atom is -0.396 e. The van der Waals surface area contributed by atoms with E-state index in [1.54, 1.807) is 0 Å². The normalized spacial score (nSPS) is 23.8. The minimum absolute atomic E-state index is 0.316. The van der Waals surface area contributed by atoms with Gasteiger partial charge in [0, 0.05) is 25.7 Å². The van der Waals surface area contributed by atoms with Crippen LogP contribution in [0.2, 0.25) is 0 Å².